The zero-order valence-electron chi connectivity index (χ0n) is 12.5. The summed E-state index contributed by atoms with van der Waals surface area (Å²) < 4.78 is 27.1. The third-order valence-electron chi connectivity index (χ3n) is 3.53. The van der Waals surface area contributed by atoms with E-state index in [1.54, 1.807) is 25.1 Å². The maximum Gasteiger partial charge on any atom is 0.240 e. The first kappa shape index (κ1) is 17.4. The third-order valence-corrected chi connectivity index (χ3v) is 5.38. The number of benzene rings is 1. The lowest BCUT2D eigenvalue weighted by Gasteiger charge is -2.23. The first-order valence-corrected chi connectivity index (χ1v) is 8.60. The van der Waals surface area contributed by atoms with Gasteiger partial charge in [0.15, 0.2) is 0 Å². The number of hydrogen-bond acceptors (Lipinski definition) is 3. The minimum Gasteiger partial charge on any atom is -0.302 e. The minimum atomic E-state index is -3.47. The van der Waals surface area contributed by atoms with E-state index in [1.807, 2.05) is 7.05 Å². The monoisotopic (exact) mass is 318 g/mol. The van der Waals surface area contributed by atoms with Crippen LogP contribution in [0.4, 0.5) is 0 Å². The number of rotatable bonds is 7. The fourth-order valence-electron chi connectivity index (χ4n) is 1.88. The molecular formula is C14H23ClN2O2S. The molecule has 4 nitrogen and oxygen atoms in total. The second-order valence-corrected chi connectivity index (χ2v) is 7.22. The van der Waals surface area contributed by atoms with Crippen LogP contribution in [0.1, 0.15) is 25.8 Å². The molecule has 1 N–H and O–H groups in total. The van der Waals surface area contributed by atoms with Crippen molar-refractivity contribution in [2.45, 2.75) is 38.1 Å². The minimum absolute atomic E-state index is 0.285. The van der Waals surface area contributed by atoms with Crippen LogP contribution in [0.25, 0.3) is 0 Å². The molecule has 1 atom stereocenters. The van der Waals surface area contributed by atoms with Crippen LogP contribution in [0.15, 0.2) is 23.1 Å². The average Bonchev–Trinajstić information content (AvgIpc) is 2.36. The van der Waals surface area contributed by atoms with E-state index >= 15 is 0 Å². The Hall–Kier alpha value is -0.620. The lowest BCUT2D eigenvalue weighted by atomic mass is 10.2. The van der Waals surface area contributed by atoms with E-state index in [-0.39, 0.29) is 4.90 Å². The van der Waals surface area contributed by atoms with Crippen molar-refractivity contribution in [3.8, 4) is 0 Å². The second kappa shape index (κ2) is 7.41. The molecule has 0 aliphatic rings. The number of aryl methyl sites for hydroxylation is 1. The molecule has 0 aromatic heterocycles. The Labute approximate surface area is 127 Å². The SMILES string of the molecule is CCC(C)N(C)CCNS(=O)(=O)c1ccc(Cl)cc1C. The van der Waals surface area contributed by atoms with Crippen LogP contribution in [-0.2, 0) is 10.0 Å². The van der Waals surface area contributed by atoms with Gasteiger partial charge in [0.05, 0.1) is 4.90 Å². The van der Waals surface area contributed by atoms with E-state index in [4.69, 9.17) is 11.6 Å². The van der Waals surface area contributed by atoms with E-state index in [0.717, 1.165) is 6.42 Å². The quantitative estimate of drug-likeness (QED) is 0.841. The van der Waals surface area contributed by atoms with E-state index in [1.165, 1.54) is 0 Å². The lowest BCUT2D eigenvalue weighted by molar-refractivity contribution is 0.256. The molecule has 0 heterocycles. The van der Waals surface area contributed by atoms with Gasteiger partial charge >= 0.3 is 0 Å². The number of nitrogens with one attached hydrogen (secondary N) is 1. The van der Waals surface area contributed by atoms with Crippen molar-refractivity contribution >= 4 is 21.6 Å². The number of likely N-dealkylation sites (N-methyl/N-ethyl adjacent to an activating group) is 1. The molecule has 0 bridgehead atoms. The number of nitrogens with zero attached hydrogens (tertiary/aromatic N) is 1. The Morgan fingerprint density at radius 3 is 2.60 bits per heavy atom. The van der Waals surface area contributed by atoms with Crippen molar-refractivity contribution < 1.29 is 8.42 Å². The van der Waals surface area contributed by atoms with Crippen molar-refractivity contribution in [3.05, 3.63) is 28.8 Å². The molecule has 0 aliphatic carbocycles. The Morgan fingerprint density at radius 1 is 1.40 bits per heavy atom. The third kappa shape index (κ3) is 4.74. The summed E-state index contributed by atoms with van der Waals surface area (Å²) in [5.74, 6) is 0. The molecular weight excluding hydrogens is 296 g/mol. The number of hydrogen-bond donors (Lipinski definition) is 1. The second-order valence-electron chi connectivity index (χ2n) is 5.05. The zero-order valence-corrected chi connectivity index (χ0v) is 14.1. The first-order chi connectivity index (χ1) is 9.27. The largest absolute Gasteiger partial charge is 0.302 e. The molecule has 6 heteroatoms. The smallest absolute Gasteiger partial charge is 0.240 e. The van der Waals surface area contributed by atoms with Gasteiger partial charge in [0.25, 0.3) is 0 Å². The van der Waals surface area contributed by atoms with Gasteiger partial charge in [-0.1, -0.05) is 18.5 Å². The molecule has 0 saturated heterocycles. The summed E-state index contributed by atoms with van der Waals surface area (Å²) in [7, 11) is -1.48. The van der Waals surface area contributed by atoms with Crippen molar-refractivity contribution in [3.63, 3.8) is 0 Å². The van der Waals surface area contributed by atoms with Gasteiger partial charge in [-0.2, -0.15) is 0 Å². The van der Waals surface area contributed by atoms with Crippen LogP contribution < -0.4 is 4.72 Å². The van der Waals surface area contributed by atoms with Gasteiger partial charge in [-0.3, -0.25) is 0 Å². The van der Waals surface area contributed by atoms with E-state index in [2.05, 4.69) is 23.5 Å². The molecule has 0 fully saturated rings. The zero-order chi connectivity index (χ0) is 15.3. The predicted octanol–water partition coefficient (Wildman–Crippen LogP) is 2.66. The molecule has 20 heavy (non-hydrogen) atoms. The van der Waals surface area contributed by atoms with Crippen molar-refractivity contribution in [1.29, 1.82) is 0 Å². The molecule has 1 rings (SSSR count). The highest BCUT2D eigenvalue weighted by atomic mass is 35.5. The molecule has 1 aromatic rings. The van der Waals surface area contributed by atoms with Gasteiger partial charge in [0, 0.05) is 24.2 Å². The highest BCUT2D eigenvalue weighted by Crippen LogP contribution is 2.19. The van der Waals surface area contributed by atoms with Crippen LogP contribution in [0.3, 0.4) is 0 Å². The first-order valence-electron chi connectivity index (χ1n) is 6.74. The summed E-state index contributed by atoms with van der Waals surface area (Å²) in [5, 5.41) is 0.540. The molecule has 0 radical (unpaired) electrons. The average molecular weight is 319 g/mol. The standard InChI is InChI=1S/C14H23ClN2O2S/c1-5-12(3)17(4)9-8-16-20(18,19)14-7-6-13(15)10-11(14)2/h6-7,10,12,16H,5,8-9H2,1-4H3. The van der Waals surface area contributed by atoms with Gasteiger partial charge in [-0.25, -0.2) is 13.1 Å². The summed E-state index contributed by atoms with van der Waals surface area (Å²) >= 11 is 5.84. The van der Waals surface area contributed by atoms with Crippen LogP contribution in [0, 0.1) is 6.92 Å². The number of halogens is 1. The van der Waals surface area contributed by atoms with E-state index < -0.39 is 10.0 Å². The Morgan fingerprint density at radius 2 is 2.05 bits per heavy atom. The molecule has 0 saturated carbocycles. The van der Waals surface area contributed by atoms with Crippen molar-refractivity contribution in [2.24, 2.45) is 0 Å². The van der Waals surface area contributed by atoms with Gasteiger partial charge in [0.2, 0.25) is 10.0 Å². The van der Waals surface area contributed by atoms with Crippen LogP contribution >= 0.6 is 11.6 Å². The summed E-state index contributed by atoms with van der Waals surface area (Å²) in [6, 6.07) is 5.23. The van der Waals surface area contributed by atoms with Gasteiger partial charge in [-0.05, 0) is 51.1 Å². The molecule has 0 spiro atoms. The molecule has 1 unspecified atom stereocenters. The maximum absolute atomic E-state index is 12.2. The fourth-order valence-corrected chi connectivity index (χ4v) is 3.35. The van der Waals surface area contributed by atoms with Crippen molar-refractivity contribution in [2.75, 3.05) is 20.1 Å². The van der Waals surface area contributed by atoms with Gasteiger partial charge in [0.1, 0.15) is 0 Å². The summed E-state index contributed by atoms with van der Waals surface area (Å²) in [6.07, 6.45) is 1.04. The van der Waals surface area contributed by atoms with Crippen LogP contribution in [0.2, 0.25) is 5.02 Å². The van der Waals surface area contributed by atoms with Gasteiger partial charge < -0.3 is 4.90 Å². The Bertz CT molecular complexity index is 546. The number of sulfonamides is 1. The predicted molar refractivity (Wildman–Crippen MR) is 83.8 cm³/mol. The summed E-state index contributed by atoms with van der Waals surface area (Å²) in [4.78, 5) is 2.42. The summed E-state index contributed by atoms with van der Waals surface area (Å²) in [6.45, 7) is 7.05. The Balaban J connectivity index is 2.67. The highest BCUT2D eigenvalue weighted by Gasteiger charge is 2.17. The fraction of sp³-hybridized carbons (Fsp3) is 0.571. The normalized spacial score (nSPS) is 13.7. The van der Waals surface area contributed by atoms with Crippen LogP contribution in [-0.4, -0.2) is 39.5 Å². The molecule has 1 aromatic carbocycles. The topological polar surface area (TPSA) is 49.4 Å². The summed E-state index contributed by atoms with van der Waals surface area (Å²) in [5.41, 5.74) is 0.653. The van der Waals surface area contributed by atoms with E-state index in [0.29, 0.717) is 29.7 Å². The molecule has 0 amide bonds. The maximum atomic E-state index is 12.2. The Kier molecular flexibility index (Phi) is 6.45. The molecule has 0 aliphatic heterocycles. The highest BCUT2D eigenvalue weighted by molar-refractivity contribution is 7.89. The van der Waals surface area contributed by atoms with Gasteiger partial charge in [-0.15, -0.1) is 0 Å². The molecule has 114 valence electrons. The lowest BCUT2D eigenvalue weighted by Crippen LogP contribution is -2.37. The van der Waals surface area contributed by atoms with Crippen LogP contribution in [0.5, 0.6) is 0 Å². The van der Waals surface area contributed by atoms with Crippen molar-refractivity contribution in [1.82, 2.24) is 9.62 Å². The van der Waals surface area contributed by atoms with E-state index in [9.17, 15) is 8.42 Å².